The lowest BCUT2D eigenvalue weighted by Gasteiger charge is -2.39. The van der Waals surface area contributed by atoms with Crippen LogP contribution in [0.25, 0.3) is 0 Å². The van der Waals surface area contributed by atoms with Gasteiger partial charge in [-0.2, -0.15) is 5.26 Å². The molecule has 2 amide bonds. The largest absolute Gasteiger partial charge is 0.331 e. The summed E-state index contributed by atoms with van der Waals surface area (Å²) in [5.74, 6) is 0.525. The van der Waals surface area contributed by atoms with E-state index in [0.29, 0.717) is 31.8 Å². The number of nitriles is 1. The fourth-order valence-corrected chi connectivity index (χ4v) is 2.09. The number of carbonyl (C=O) groups excluding carboxylic acids is 1. The number of hydrogen-bond donors (Lipinski definition) is 1. The molecule has 1 saturated heterocycles. The number of likely N-dealkylation sites (tertiary alicyclic amines) is 1. The Morgan fingerprint density at radius 2 is 2.00 bits per heavy atom. The van der Waals surface area contributed by atoms with E-state index in [0.717, 1.165) is 6.54 Å². The van der Waals surface area contributed by atoms with Crippen molar-refractivity contribution in [3.8, 4) is 6.07 Å². The minimum atomic E-state index is -0.451. The average molecular weight is 252 g/mol. The van der Waals surface area contributed by atoms with Gasteiger partial charge in [0.1, 0.15) is 5.54 Å². The van der Waals surface area contributed by atoms with Gasteiger partial charge in [0.25, 0.3) is 0 Å². The summed E-state index contributed by atoms with van der Waals surface area (Å²) in [5, 5.41) is 12.7. The smallest absolute Gasteiger partial charge is 0.319 e. The fraction of sp³-hybridized carbons (Fsp3) is 0.846. The average Bonchev–Trinajstić information content (AvgIpc) is 2.36. The fourth-order valence-electron chi connectivity index (χ4n) is 2.09. The molecule has 102 valence electrons. The highest BCUT2D eigenvalue weighted by atomic mass is 16.2. The predicted octanol–water partition coefficient (Wildman–Crippen LogP) is 1.27. The van der Waals surface area contributed by atoms with Crippen LogP contribution in [0.5, 0.6) is 0 Å². The predicted molar refractivity (Wildman–Crippen MR) is 71.1 cm³/mol. The highest BCUT2D eigenvalue weighted by Crippen LogP contribution is 2.22. The zero-order valence-corrected chi connectivity index (χ0v) is 11.9. The molecular formula is C13H24N4O. The van der Waals surface area contributed by atoms with Crippen LogP contribution in [0.1, 0.15) is 26.7 Å². The summed E-state index contributed by atoms with van der Waals surface area (Å²) in [5.41, 5.74) is -0.451. The summed E-state index contributed by atoms with van der Waals surface area (Å²) in [6.45, 7) is 6.39. The number of hydrogen-bond acceptors (Lipinski definition) is 3. The third-order valence-electron chi connectivity index (χ3n) is 3.33. The molecule has 1 N–H and O–H groups in total. The van der Waals surface area contributed by atoms with Gasteiger partial charge in [0, 0.05) is 27.2 Å². The molecule has 0 bridgehead atoms. The molecule has 1 fully saturated rings. The van der Waals surface area contributed by atoms with Gasteiger partial charge < -0.3 is 9.80 Å². The lowest BCUT2D eigenvalue weighted by atomic mass is 9.88. The van der Waals surface area contributed by atoms with E-state index in [2.05, 4.69) is 25.2 Å². The van der Waals surface area contributed by atoms with Gasteiger partial charge in [0.2, 0.25) is 0 Å². The van der Waals surface area contributed by atoms with Crippen LogP contribution in [-0.4, -0.2) is 55.1 Å². The molecule has 0 spiro atoms. The number of urea groups is 1. The molecule has 18 heavy (non-hydrogen) atoms. The maximum absolute atomic E-state index is 11.8. The van der Waals surface area contributed by atoms with Gasteiger partial charge in [0.05, 0.1) is 6.07 Å². The molecule has 1 heterocycles. The Labute approximate surface area is 110 Å². The van der Waals surface area contributed by atoms with Gasteiger partial charge in [-0.25, -0.2) is 4.79 Å². The third kappa shape index (κ3) is 3.61. The molecule has 1 rings (SSSR count). The summed E-state index contributed by atoms with van der Waals surface area (Å²) in [6.07, 6.45) is 1.41. The first-order chi connectivity index (χ1) is 8.40. The number of carbonyl (C=O) groups is 1. The van der Waals surface area contributed by atoms with Gasteiger partial charge in [0.15, 0.2) is 0 Å². The van der Waals surface area contributed by atoms with Crippen molar-refractivity contribution in [1.82, 2.24) is 15.1 Å². The highest BCUT2D eigenvalue weighted by Gasteiger charge is 2.36. The standard InChI is InChI=1S/C13H24N4O/c1-11(2)9-15-13(10-14)5-7-17(8-6-13)12(18)16(3)4/h11,15H,5-9H2,1-4H3. The number of nitrogens with zero attached hydrogens (tertiary/aromatic N) is 3. The molecular weight excluding hydrogens is 228 g/mol. The number of amides is 2. The molecule has 0 atom stereocenters. The second-order valence-electron chi connectivity index (χ2n) is 5.63. The molecule has 0 saturated carbocycles. The highest BCUT2D eigenvalue weighted by molar-refractivity contribution is 5.74. The van der Waals surface area contributed by atoms with Gasteiger partial charge in [-0.1, -0.05) is 13.8 Å². The quantitative estimate of drug-likeness (QED) is 0.823. The molecule has 0 aromatic rings. The Morgan fingerprint density at radius 1 is 1.44 bits per heavy atom. The van der Waals surface area contributed by atoms with Crippen molar-refractivity contribution in [2.24, 2.45) is 5.92 Å². The zero-order valence-electron chi connectivity index (χ0n) is 11.9. The summed E-state index contributed by atoms with van der Waals surface area (Å²) in [7, 11) is 3.51. The van der Waals surface area contributed by atoms with Crippen LogP contribution >= 0.6 is 0 Å². The maximum Gasteiger partial charge on any atom is 0.319 e. The lowest BCUT2D eigenvalue weighted by molar-refractivity contribution is 0.140. The van der Waals surface area contributed by atoms with E-state index in [9.17, 15) is 10.1 Å². The van der Waals surface area contributed by atoms with Crippen LogP contribution in [0.3, 0.4) is 0 Å². The molecule has 0 aromatic carbocycles. The van der Waals surface area contributed by atoms with Crippen molar-refractivity contribution in [2.45, 2.75) is 32.2 Å². The van der Waals surface area contributed by atoms with E-state index >= 15 is 0 Å². The first-order valence-corrected chi connectivity index (χ1v) is 6.53. The molecule has 1 aliphatic heterocycles. The van der Waals surface area contributed by atoms with Crippen molar-refractivity contribution in [2.75, 3.05) is 33.7 Å². The summed E-state index contributed by atoms with van der Waals surface area (Å²) < 4.78 is 0. The second-order valence-corrected chi connectivity index (χ2v) is 5.63. The van der Waals surface area contributed by atoms with Crippen molar-refractivity contribution >= 4 is 6.03 Å². The molecule has 0 aromatic heterocycles. The van der Waals surface area contributed by atoms with Gasteiger partial charge in [-0.3, -0.25) is 5.32 Å². The Morgan fingerprint density at radius 3 is 2.39 bits per heavy atom. The normalized spacial score (nSPS) is 18.6. The first kappa shape index (κ1) is 14.8. The van der Waals surface area contributed by atoms with Crippen LogP contribution < -0.4 is 5.32 Å². The third-order valence-corrected chi connectivity index (χ3v) is 3.33. The molecule has 5 nitrogen and oxygen atoms in total. The molecule has 0 radical (unpaired) electrons. The van der Waals surface area contributed by atoms with Crippen LogP contribution in [-0.2, 0) is 0 Å². The molecule has 0 aliphatic carbocycles. The Bertz CT molecular complexity index is 324. The van der Waals surface area contributed by atoms with Crippen molar-refractivity contribution in [3.05, 3.63) is 0 Å². The summed E-state index contributed by atoms with van der Waals surface area (Å²) >= 11 is 0. The monoisotopic (exact) mass is 252 g/mol. The lowest BCUT2D eigenvalue weighted by Crippen LogP contribution is -2.55. The number of nitrogens with one attached hydrogen (secondary N) is 1. The zero-order chi connectivity index (χ0) is 13.8. The van der Waals surface area contributed by atoms with Crippen molar-refractivity contribution in [1.29, 1.82) is 5.26 Å². The minimum Gasteiger partial charge on any atom is -0.331 e. The van der Waals surface area contributed by atoms with Crippen LogP contribution in [0, 0.1) is 17.2 Å². The van der Waals surface area contributed by atoms with E-state index < -0.39 is 5.54 Å². The second kappa shape index (κ2) is 6.05. The number of rotatable bonds is 3. The van der Waals surface area contributed by atoms with Crippen molar-refractivity contribution in [3.63, 3.8) is 0 Å². The van der Waals surface area contributed by atoms with Crippen LogP contribution in [0.2, 0.25) is 0 Å². The van der Waals surface area contributed by atoms with E-state index in [1.807, 2.05) is 4.90 Å². The van der Waals surface area contributed by atoms with E-state index in [1.54, 1.807) is 19.0 Å². The summed E-state index contributed by atoms with van der Waals surface area (Å²) in [6, 6.07) is 2.43. The molecule has 0 unspecified atom stereocenters. The van der Waals surface area contributed by atoms with Gasteiger partial charge in [-0.15, -0.1) is 0 Å². The Kier molecular flexibility index (Phi) is 4.97. The maximum atomic E-state index is 11.8. The van der Waals surface area contributed by atoms with Crippen LogP contribution in [0.15, 0.2) is 0 Å². The van der Waals surface area contributed by atoms with Crippen LogP contribution in [0.4, 0.5) is 4.79 Å². The number of piperidine rings is 1. The van der Waals surface area contributed by atoms with Gasteiger partial charge in [-0.05, 0) is 25.3 Å². The molecule has 5 heteroatoms. The van der Waals surface area contributed by atoms with E-state index in [1.165, 1.54) is 0 Å². The SMILES string of the molecule is CC(C)CNC1(C#N)CCN(C(=O)N(C)C)CC1. The Balaban J connectivity index is 2.54. The van der Waals surface area contributed by atoms with E-state index in [-0.39, 0.29) is 6.03 Å². The van der Waals surface area contributed by atoms with Crippen molar-refractivity contribution < 1.29 is 4.79 Å². The minimum absolute atomic E-state index is 0.0328. The topological polar surface area (TPSA) is 59.4 Å². The Hall–Kier alpha value is -1.28. The first-order valence-electron chi connectivity index (χ1n) is 6.53. The van der Waals surface area contributed by atoms with E-state index in [4.69, 9.17) is 0 Å². The summed E-state index contributed by atoms with van der Waals surface area (Å²) in [4.78, 5) is 15.2. The van der Waals surface area contributed by atoms with Gasteiger partial charge >= 0.3 is 6.03 Å². The molecule has 1 aliphatic rings.